The number of rotatable bonds is 19. The lowest BCUT2D eigenvalue weighted by Gasteiger charge is -2.19. The number of ether oxygens (including phenoxy) is 1. The molecule has 2 unspecified atom stereocenters. The maximum atomic E-state index is 10.5. The van der Waals surface area contributed by atoms with Crippen LogP contribution < -0.4 is 0 Å². The summed E-state index contributed by atoms with van der Waals surface area (Å²) in [5.74, 6) is -0.787. The van der Waals surface area contributed by atoms with E-state index in [9.17, 15) is 9.90 Å². The van der Waals surface area contributed by atoms with Gasteiger partial charge in [-0.1, -0.05) is 88.6 Å². The van der Waals surface area contributed by atoms with E-state index in [1.807, 2.05) is 18.2 Å². The molecule has 2 atom stereocenters. The molecule has 1 rings (SSSR count). The molecule has 166 valence electrons. The van der Waals surface area contributed by atoms with Crippen LogP contribution in [0.5, 0.6) is 0 Å². The number of carboxylic acid groups (broad SMARTS) is 1. The van der Waals surface area contributed by atoms with Crippen LogP contribution in [0.3, 0.4) is 0 Å². The van der Waals surface area contributed by atoms with Gasteiger partial charge in [-0.15, -0.1) is 0 Å². The summed E-state index contributed by atoms with van der Waals surface area (Å²) in [6, 6.07) is 10.3. The van der Waals surface area contributed by atoms with Crippen molar-refractivity contribution in [1.82, 2.24) is 0 Å². The van der Waals surface area contributed by atoms with Crippen molar-refractivity contribution in [2.45, 2.75) is 116 Å². The first-order valence-corrected chi connectivity index (χ1v) is 11.7. The number of benzene rings is 1. The third kappa shape index (κ3) is 15.2. The Balaban J connectivity index is 2.26. The van der Waals surface area contributed by atoms with Gasteiger partial charge in [0.2, 0.25) is 0 Å². The number of unbranched alkanes of at least 4 members (excludes halogenated alkanes) is 6. The summed E-state index contributed by atoms with van der Waals surface area (Å²) in [4.78, 5) is 10.5. The molecule has 0 saturated carbocycles. The molecule has 0 aromatic heterocycles. The summed E-state index contributed by atoms with van der Waals surface area (Å²) in [6.07, 6.45) is 13.9. The molecule has 0 bridgehead atoms. The maximum Gasteiger partial charge on any atom is 0.303 e. The van der Waals surface area contributed by atoms with Crippen molar-refractivity contribution >= 4 is 5.97 Å². The first-order chi connectivity index (χ1) is 14.1. The zero-order valence-corrected chi connectivity index (χ0v) is 18.4. The Morgan fingerprint density at radius 1 is 0.862 bits per heavy atom. The lowest BCUT2D eigenvalue weighted by molar-refractivity contribution is -0.137. The van der Waals surface area contributed by atoms with Crippen LogP contribution in [0.1, 0.15) is 102 Å². The van der Waals surface area contributed by atoms with Gasteiger partial charge in [-0.25, -0.2) is 0 Å². The third-order valence-corrected chi connectivity index (χ3v) is 5.45. The lowest BCUT2D eigenvalue weighted by atomic mass is 10.0. The summed E-state index contributed by atoms with van der Waals surface area (Å²) < 4.78 is 6.23. The van der Waals surface area contributed by atoms with E-state index in [4.69, 9.17) is 9.84 Å². The molecule has 4 nitrogen and oxygen atoms in total. The largest absolute Gasteiger partial charge is 0.481 e. The smallest absolute Gasteiger partial charge is 0.303 e. The van der Waals surface area contributed by atoms with Crippen LogP contribution in [0.4, 0.5) is 0 Å². The fourth-order valence-electron chi connectivity index (χ4n) is 3.64. The summed E-state index contributed by atoms with van der Waals surface area (Å²) in [6.45, 7) is 2.91. The normalized spacial score (nSPS) is 13.3. The maximum absolute atomic E-state index is 10.5. The first-order valence-electron chi connectivity index (χ1n) is 11.7. The van der Waals surface area contributed by atoms with Gasteiger partial charge in [0.25, 0.3) is 0 Å². The van der Waals surface area contributed by atoms with E-state index >= 15 is 0 Å². The van der Waals surface area contributed by atoms with Crippen molar-refractivity contribution in [2.24, 2.45) is 0 Å². The quantitative estimate of drug-likeness (QED) is 0.257. The molecular weight excluding hydrogens is 364 g/mol. The predicted octanol–water partition coefficient (Wildman–Crippen LogP) is 6.50. The molecule has 0 radical (unpaired) electrons. The number of hydrogen-bond donors (Lipinski definition) is 2. The van der Waals surface area contributed by atoms with Gasteiger partial charge in [-0.3, -0.25) is 4.79 Å². The van der Waals surface area contributed by atoms with E-state index in [0.717, 1.165) is 32.1 Å². The van der Waals surface area contributed by atoms with Gasteiger partial charge in [0.1, 0.15) is 0 Å². The second kappa shape index (κ2) is 17.5. The number of aliphatic hydroxyl groups excluding tert-OH is 1. The van der Waals surface area contributed by atoms with Gasteiger partial charge in [-0.05, 0) is 37.7 Å². The molecule has 4 heteroatoms. The van der Waals surface area contributed by atoms with Crippen molar-refractivity contribution < 1.29 is 19.7 Å². The van der Waals surface area contributed by atoms with E-state index in [1.165, 1.54) is 44.1 Å². The summed E-state index contributed by atoms with van der Waals surface area (Å²) in [5.41, 5.74) is 1.22. The lowest BCUT2D eigenvalue weighted by Crippen LogP contribution is -2.14. The van der Waals surface area contributed by atoms with Crippen LogP contribution in [0.2, 0.25) is 0 Å². The Hall–Kier alpha value is -1.39. The van der Waals surface area contributed by atoms with Crippen molar-refractivity contribution in [3.63, 3.8) is 0 Å². The molecular formula is C25H42O4. The number of aliphatic carboxylic acids is 1. The summed E-state index contributed by atoms with van der Waals surface area (Å²) in [5, 5.41) is 18.7. The highest BCUT2D eigenvalue weighted by Gasteiger charge is 2.11. The van der Waals surface area contributed by atoms with Gasteiger partial charge in [0.15, 0.2) is 0 Å². The molecule has 0 spiro atoms. The highest BCUT2D eigenvalue weighted by molar-refractivity contribution is 5.66. The number of aliphatic hydroxyl groups is 1. The molecule has 0 heterocycles. The van der Waals surface area contributed by atoms with E-state index in [0.29, 0.717) is 19.4 Å². The zero-order valence-electron chi connectivity index (χ0n) is 18.4. The fourth-order valence-corrected chi connectivity index (χ4v) is 3.64. The van der Waals surface area contributed by atoms with Gasteiger partial charge in [0, 0.05) is 6.42 Å². The average Bonchev–Trinajstić information content (AvgIpc) is 2.71. The van der Waals surface area contributed by atoms with Gasteiger partial charge >= 0.3 is 5.97 Å². The Morgan fingerprint density at radius 3 is 2.14 bits per heavy atom. The van der Waals surface area contributed by atoms with Crippen molar-refractivity contribution in [1.29, 1.82) is 0 Å². The Kier molecular flexibility index (Phi) is 15.4. The van der Waals surface area contributed by atoms with Crippen molar-refractivity contribution in [3.8, 4) is 0 Å². The monoisotopic (exact) mass is 406 g/mol. The molecule has 29 heavy (non-hydrogen) atoms. The van der Waals surface area contributed by atoms with E-state index < -0.39 is 5.97 Å². The molecule has 0 saturated heterocycles. The topological polar surface area (TPSA) is 66.8 Å². The van der Waals surface area contributed by atoms with E-state index in [1.54, 1.807) is 0 Å². The molecule has 0 aliphatic rings. The van der Waals surface area contributed by atoms with Crippen LogP contribution in [-0.2, 0) is 16.1 Å². The fraction of sp³-hybridized carbons (Fsp3) is 0.720. The van der Waals surface area contributed by atoms with Gasteiger partial charge < -0.3 is 14.9 Å². The molecule has 0 amide bonds. The highest BCUT2D eigenvalue weighted by Crippen LogP contribution is 2.18. The van der Waals surface area contributed by atoms with Crippen molar-refractivity contribution in [2.75, 3.05) is 0 Å². The standard InChI is InChI=1S/C25H42O4/c1-2-3-4-5-6-10-18-24(29-21-22-14-8-7-9-15-22)19-12-11-16-23(26)17-13-20-25(27)28/h7-9,14-15,23-24,26H,2-6,10-13,16-21H2,1H3,(H,27,28). The summed E-state index contributed by atoms with van der Waals surface area (Å²) >= 11 is 0. The van der Waals surface area contributed by atoms with Crippen molar-refractivity contribution in [3.05, 3.63) is 35.9 Å². The molecule has 0 fully saturated rings. The van der Waals surface area contributed by atoms with Crippen LogP contribution in [0.15, 0.2) is 30.3 Å². The van der Waals surface area contributed by atoms with Crippen LogP contribution in [0.25, 0.3) is 0 Å². The molecule has 0 aliphatic heterocycles. The van der Waals surface area contributed by atoms with Crippen LogP contribution in [0, 0.1) is 0 Å². The first kappa shape index (κ1) is 25.6. The van der Waals surface area contributed by atoms with Crippen LogP contribution >= 0.6 is 0 Å². The van der Waals surface area contributed by atoms with Crippen LogP contribution in [-0.4, -0.2) is 28.4 Å². The minimum atomic E-state index is -0.787. The van der Waals surface area contributed by atoms with Gasteiger partial charge in [0.05, 0.1) is 18.8 Å². The second-order valence-corrected chi connectivity index (χ2v) is 8.20. The number of carbonyl (C=O) groups is 1. The SMILES string of the molecule is CCCCCCCCC(CCCCC(O)CCCC(=O)O)OCc1ccccc1. The van der Waals surface area contributed by atoms with Gasteiger partial charge in [-0.2, -0.15) is 0 Å². The number of hydrogen-bond acceptors (Lipinski definition) is 3. The Morgan fingerprint density at radius 2 is 1.45 bits per heavy atom. The van der Waals surface area contributed by atoms with E-state index in [2.05, 4.69) is 19.1 Å². The molecule has 1 aromatic carbocycles. The number of carboxylic acids is 1. The predicted molar refractivity (Wildman–Crippen MR) is 119 cm³/mol. The highest BCUT2D eigenvalue weighted by atomic mass is 16.5. The third-order valence-electron chi connectivity index (χ3n) is 5.45. The second-order valence-electron chi connectivity index (χ2n) is 8.20. The molecule has 2 N–H and O–H groups in total. The average molecular weight is 407 g/mol. The minimum absolute atomic E-state index is 0.144. The zero-order chi connectivity index (χ0) is 21.2. The Bertz CT molecular complexity index is 503. The summed E-state index contributed by atoms with van der Waals surface area (Å²) in [7, 11) is 0. The minimum Gasteiger partial charge on any atom is -0.481 e. The van der Waals surface area contributed by atoms with E-state index in [-0.39, 0.29) is 18.6 Å². The molecule has 1 aromatic rings. The molecule has 0 aliphatic carbocycles. The Labute approximate surface area is 177 Å².